The van der Waals surface area contributed by atoms with Gasteiger partial charge in [-0.3, -0.25) is 4.90 Å². The Kier molecular flexibility index (Phi) is 4.16. The summed E-state index contributed by atoms with van der Waals surface area (Å²) in [5.41, 5.74) is 7.54. The molecule has 1 fully saturated rings. The maximum absolute atomic E-state index is 6.10. The molecule has 1 unspecified atom stereocenters. The molecule has 1 aliphatic heterocycles. The van der Waals surface area contributed by atoms with Crippen LogP contribution in [0.4, 0.5) is 0 Å². The minimum atomic E-state index is 0.397. The van der Waals surface area contributed by atoms with Crippen molar-refractivity contribution in [1.82, 2.24) is 4.90 Å². The van der Waals surface area contributed by atoms with Gasteiger partial charge in [-0.2, -0.15) is 0 Å². The lowest BCUT2D eigenvalue weighted by Crippen LogP contribution is -2.34. The Morgan fingerprint density at radius 3 is 2.58 bits per heavy atom. The number of rotatable bonds is 3. The van der Waals surface area contributed by atoms with Crippen LogP contribution in [0.3, 0.4) is 0 Å². The van der Waals surface area contributed by atoms with E-state index in [0.29, 0.717) is 6.04 Å². The quantitative estimate of drug-likeness (QED) is 0.923. The van der Waals surface area contributed by atoms with Crippen LogP contribution >= 0.6 is 11.3 Å². The van der Waals surface area contributed by atoms with Crippen molar-refractivity contribution in [3.8, 4) is 0 Å². The van der Waals surface area contributed by atoms with Crippen LogP contribution in [0, 0.1) is 0 Å². The number of nitrogens with zero attached hydrogens (tertiary/aromatic N) is 1. The average molecular weight is 274 g/mol. The number of hydrogen-bond acceptors (Lipinski definition) is 3. The second kappa shape index (κ2) is 6.04. The second-order valence-corrected chi connectivity index (χ2v) is 6.30. The standard InChI is InChI=1S/C16H22N2S/c17-11-15(18-9-5-1-2-6-10-18)14-12-19-16-8-4-3-7-13(14)16/h3-4,7-8,12,15H,1-2,5-6,9-11,17H2. The predicted octanol–water partition coefficient (Wildman–Crippen LogP) is 3.78. The van der Waals surface area contributed by atoms with E-state index in [4.69, 9.17) is 5.73 Å². The summed E-state index contributed by atoms with van der Waals surface area (Å²) in [4.78, 5) is 2.60. The molecule has 0 amide bonds. The van der Waals surface area contributed by atoms with E-state index in [2.05, 4.69) is 34.5 Å². The summed E-state index contributed by atoms with van der Waals surface area (Å²) < 4.78 is 1.38. The lowest BCUT2D eigenvalue weighted by molar-refractivity contribution is 0.211. The van der Waals surface area contributed by atoms with Crippen molar-refractivity contribution in [3.63, 3.8) is 0 Å². The lowest BCUT2D eigenvalue weighted by atomic mass is 10.0. The molecule has 0 aliphatic carbocycles. The minimum Gasteiger partial charge on any atom is -0.329 e. The highest BCUT2D eigenvalue weighted by Gasteiger charge is 2.22. The monoisotopic (exact) mass is 274 g/mol. The molecule has 0 bridgehead atoms. The molecule has 0 saturated carbocycles. The van der Waals surface area contributed by atoms with Gasteiger partial charge < -0.3 is 5.73 Å². The summed E-state index contributed by atoms with van der Waals surface area (Å²) in [6.45, 7) is 3.12. The van der Waals surface area contributed by atoms with Crippen LogP contribution in [0.25, 0.3) is 10.1 Å². The van der Waals surface area contributed by atoms with Crippen LogP contribution in [-0.4, -0.2) is 24.5 Å². The molecule has 2 aromatic rings. The van der Waals surface area contributed by atoms with Gasteiger partial charge in [-0.05, 0) is 48.3 Å². The van der Waals surface area contributed by atoms with Crippen molar-refractivity contribution in [2.75, 3.05) is 19.6 Å². The third-order valence-corrected chi connectivity index (χ3v) is 5.16. The average Bonchev–Trinajstić information content (AvgIpc) is 2.69. The van der Waals surface area contributed by atoms with Crippen LogP contribution in [0.5, 0.6) is 0 Å². The van der Waals surface area contributed by atoms with Crippen molar-refractivity contribution in [3.05, 3.63) is 35.2 Å². The fourth-order valence-corrected chi connectivity index (χ4v) is 4.14. The van der Waals surface area contributed by atoms with E-state index in [1.807, 2.05) is 11.3 Å². The molecule has 0 spiro atoms. The van der Waals surface area contributed by atoms with Gasteiger partial charge in [-0.25, -0.2) is 0 Å². The largest absolute Gasteiger partial charge is 0.329 e. The van der Waals surface area contributed by atoms with Crippen molar-refractivity contribution in [2.45, 2.75) is 31.7 Å². The van der Waals surface area contributed by atoms with Crippen LogP contribution in [0.2, 0.25) is 0 Å². The van der Waals surface area contributed by atoms with Crippen LogP contribution in [-0.2, 0) is 0 Å². The first-order chi connectivity index (χ1) is 9.40. The smallest absolute Gasteiger partial charge is 0.0484 e. The van der Waals surface area contributed by atoms with E-state index in [0.717, 1.165) is 6.54 Å². The van der Waals surface area contributed by atoms with Crippen molar-refractivity contribution in [1.29, 1.82) is 0 Å². The fourth-order valence-electron chi connectivity index (χ4n) is 3.14. The number of fused-ring (bicyclic) bond motifs is 1. The van der Waals surface area contributed by atoms with Crippen molar-refractivity contribution >= 4 is 21.4 Å². The Morgan fingerprint density at radius 1 is 1.11 bits per heavy atom. The van der Waals surface area contributed by atoms with E-state index in [9.17, 15) is 0 Å². The summed E-state index contributed by atoms with van der Waals surface area (Å²) in [5.74, 6) is 0. The molecule has 1 aromatic carbocycles. The lowest BCUT2D eigenvalue weighted by Gasteiger charge is -2.29. The first-order valence-corrected chi connectivity index (χ1v) is 8.18. The van der Waals surface area contributed by atoms with Gasteiger partial charge in [0.1, 0.15) is 0 Å². The highest BCUT2D eigenvalue weighted by atomic mass is 32.1. The Labute approximate surface area is 119 Å². The van der Waals surface area contributed by atoms with Crippen LogP contribution in [0.15, 0.2) is 29.6 Å². The third kappa shape index (κ3) is 2.69. The highest BCUT2D eigenvalue weighted by Crippen LogP contribution is 2.33. The number of hydrogen-bond donors (Lipinski definition) is 1. The van der Waals surface area contributed by atoms with Gasteiger partial charge in [0.15, 0.2) is 0 Å². The maximum atomic E-state index is 6.10. The molecule has 2 N–H and O–H groups in total. The van der Waals surface area contributed by atoms with Gasteiger partial charge in [-0.1, -0.05) is 31.0 Å². The first kappa shape index (κ1) is 13.1. The third-order valence-electron chi connectivity index (χ3n) is 4.17. The number of nitrogens with two attached hydrogens (primary N) is 1. The Balaban J connectivity index is 1.92. The van der Waals surface area contributed by atoms with Gasteiger partial charge in [0.2, 0.25) is 0 Å². The number of thiophene rings is 1. The fraction of sp³-hybridized carbons (Fsp3) is 0.500. The Bertz CT molecular complexity index is 526. The molecular weight excluding hydrogens is 252 g/mol. The van der Waals surface area contributed by atoms with Crippen molar-refractivity contribution < 1.29 is 0 Å². The van der Waals surface area contributed by atoms with Gasteiger partial charge in [0.25, 0.3) is 0 Å². The predicted molar refractivity (Wildman–Crippen MR) is 83.7 cm³/mol. The molecule has 1 aliphatic rings. The normalized spacial score (nSPS) is 19.4. The topological polar surface area (TPSA) is 29.3 Å². The Morgan fingerprint density at radius 2 is 1.84 bits per heavy atom. The maximum Gasteiger partial charge on any atom is 0.0484 e. The summed E-state index contributed by atoms with van der Waals surface area (Å²) in [7, 11) is 0. The molecule has 102 valence electrons. The van der Waals surface area contributed by atoms with E-state index >= 15 is 0 Å². The zero-order valence-electron chi connectivity index (χ0n) is 11.3. The second-order valence-electron chi connectivity index (χ2n) is 5.39. The number of likely N-dealkylation sites (tertiary alicyclic amines) is 1. The molecule has 0 radical (unpaired) electrons. The van der Waals surface area contributed by atoms with E-state index < -0.39 is 0 Å². The summed E-state index contributed by atoms with van der Waals surface area (Å²) >= 11 is 1.84. The van der Waals surface area contributed by atoms with E-state index in [-0.39, 0.29) is 0 Å². The summed E-state index contributed by atoms with van der Waals surface area (Å²) in [6, 6.07) is 9.09. The van der Waals surface area contributed by atoms with Gasteiger partial charge in [-0.15, -0.1) is 11.3 Å². The molecule has 1 saturated heterocycles. The van der Waals surface area contributed by atoms with Gasteiger partial charge in [0, 0.05) is 17.3 Å². The highest BCUT2D eigenvalue weighted by molar-refractivity contribution is 7.17. The molecule has 3 rings (SSSR count). The molecule has 2 nitrogen and oxygen atoms in total. The Hall–Kier alpha value is -0.900. The first-order valence-electron chi connectivity index (χ1n) is 7.30. The molecule has 2 heterocycles. The van der Waals surface area contributed by atoms with Gasteiger partial charge >= 0.3 is 0 Å². The SMILES string of the molecule is NCC(c1csc2ccccc12)N1CCCCCC1. The van der Waals surface area contributed by atoms with E-state index in [1.165, 1.54) is 54.4 Å². The zero-order valence-corrected chi connectivity index (χ0v) is 12.2. The zero-order chi connectivity index (χ0) is 13.1. The van der Waals surface area contributed by atoms with E-state index in [1.54, 1.807) is 0 Å². The van der Waals surface area contributed by atoms with Crippen LogP contribution in [0.1, 0.15) is 37.3 Å². The van der Waals surface area contributed by atoms with Gasteiger partial charge in [0.05, 0.1) is 0 Å². The molecule has 19 heavy (non-hydrogen) atoms. The van der Waals surface area contributed by atoms with Crippen LogP contribution < -0.4 is 5.73 Å². The molecule has 1 aromatic heterocycles. The molecule has 3 heteroatoms. The number of benzene rings is 1. The molecule has 1 atom stereocenters. The summed E-state index contributed by atoms with van der Waals surface area (Å²) in [6.07, 6.45) is 5.38. The summed E-state index contributed by atoms with van der Waals surface area (Å²) in [5, 5.41) is 3.71. The minimum absolute atomic E-state index is 0.397. The van der Waals surface area contributed by atoms with Crippen molar-refractivity contribution in [2.24, 2.45) is 5.73 Å². The molecular formula is C16H22N2S.